The van der Waals surface area contributed by atoms with Gasteiger partial charge in [0.05, 0.1) is 12.2 Å². The summed E-state index contributed by atoms with van der Waals surface area (Å²) in [6, 6.07) is 6.07. The topological polar surface area (TPSA) is 70.5 Å². The van der Waals surface area contributed by atoms with Crippen LogP contribution in [0.5, 0.6) is 0 Å². The van der Waals surface area contributed by atoms with Crippen LogP contribution in [0.15, 0.2) is 18.2 Å². The minimum Gasteiger partial charge on any atom is -0.343 e. The molecule has 2 aromatic rings. The molecule has 0 spiro atoms. The van der Waals surface area contributed by atoms with Gasteiger partial charge in [0, 0.05) is 32.9 Å². The van der Waals surface area contributed by atoms with Gasteiger partial charge in [0.25, 0.3) is 5.91 Å². The van der Waals surface area contributed by atoms with Crippen molar-refractivity contribution in [1.29, 1.82) is 0 Å². The molecule has 0 atom stereocenters. The third-order valence-corrected chi connectivity index (χ3v) is 5.68. The molecule has 2 heterocycles. The molecule has 1 aromatic heterocycles. The molecule has 148 valence electrons. The molecule has 4 rings (SSSR count). The minimum atomic E-state index is -0.105. The highest BCUT2D eigenvalue weighted by Gasteiger charge is 2.28. The maximum atomic E-state index is 12.9. The summed E-state index contributed by atoms with van der Waals surface area (Å²) < 4.78 is 1.95. The lowest BCUT2D eigenvalue weighted by Gasteiger charge is -2.29. The van der Waals surface area contributed by atoms with Crippen LogP contribution in [0.4, 0.5) is 10.5 Å². The van der Waals surface area contributed by atoms with Crippen molar-refractivity contribution >= 4 is 17.6 Å². The summed E-state index contributed by atoms with van der Waals surface area (Å²) in [5.74, 6) is 0.712. The first-order valence-electron chi connectivity index (χ1n) is 9.90. The van der Waals surface area contributed by atoms with Crippen molar-refractivity contribution in [2.24, 2.45) is 0 Å². The zero-order chi connectivity index (χ0) is 19.8. The molecular weight excluding hydrogens is 354 g/mol. The number of amides is 3. The zero-order valence-electron chi connectivity index (χ0n) is 16.8. The largest absolute Gasteiger partial charge is 0.343 e. The van der Waals surface area contributed by atoms with Crippen LogP contribution in [-0.4, -0.2) is 51.9 Å². The van der Waals surface area contributed by atoms with E-state index in [1.165, 1.54) is 24.0 Å². The Balaban J connectivity index is 1.52. The molecule has 0 unspecified atom stereocenters. The first-order chi connectivity index (χ1) is 13.5. The molecule has 1 N–H and O–H groups in total. The van der Waals surface area contributed by atoms with Gasteiger partial charge in [-0.25, -0.2) is 9.78 Å². The van der Waals surface area contributed by atoms with E-state index >= 15 is 0 Å². The standard InChI is InChI=1S/C21H27N5O2/c1-14-19(20(27)24(2)3)26-12-11-25(13-18(26)22-14)21(28)23-17-10-6-8-15-7-4-5-9-16(15)17/h6,8,10H,4-5,7,9,11-13H2,1-3H3,(H,23,28). The van der Waals surface area contributed by atoms with Gasteiger partial charge in [-0.1, -0.05) is 12.1 Å². The fraction of sp³-hybridized carbons (Fsp3) is 0.476. The van der Waals surface area contributed by atoms with Crippen LogP contribution >= 0.6 is 0 Å². The zero-order valence-corrected chi connectivity index (χ0v) is 16.8. The number of hydrogen-bond donors (Lipinski definition) is 1. The van der Waals surface area contributed by atoms with E-state index in [4.69, 9.17) is 0 Å². The highest BCUT2D eigenvalue weighted by atomic mass is 16.2. The molecule has 7 heteroatoms. The number of carbonyl (C=O) groups is 2. The van der Waals surface area contributed by atoms with Gasteiger partial charge in [-0.05, 0) is 49.8 Å². The van der Waals surface area contributed by atoms with E-state index in [1.54, 1.807) is 23.9 Å². The number of rotatable bonds is 2. The molecule has 1 aliphatic carbocycles. The lowest BCUT2D eigenvalue weighted by Crippen LogP contribution is -2.42. The van der Waals surface area contributed by atoms with Gasteiger partial charge < -0.3 is 19.7 Å². The molecule has 0 saturated carbocycles. The number of carbonyl (C=O) groups excluding carboxylic acids is 2. The Hall–Kier alpha value is -2.83. The van der Waals surface area contributed by atoms with Crippen LogP contribution < -0.4 is 5.32 Å². The summed E-state index contributed by atoms with van der Waals surface area (Å²) in [6.45, 7) is 3.38. The summed E-state index contributed by atoms with van der Waals surface area (Å²) in [5, 5.41) is 3.11. The number of imidazole rings is 1. The van der Waals surface area contributed by atoms with Crippen LogP contribution in [-0.2, 0) is 25.9 Å². The molecule has 0 fully saturated rings. The predicted octanol–water partition coefficient (Wildman–Crippen LogP) is 2.82. The van der Waals surface area contributed by atoms with Crippen molar-refractivity contribution in [1.82, 2.24) is 19.4 Å². The molecule has 7 nitrogen and oxygen atoms in total. The van der Waals surface area contributed by atoms with Crippen LogP contribution in [0.1, 0.15) is 46.0 Å². The van der Waals surface area contributed by atoms with E-state index in [0.29, 0.717) is 31.0 Å². The first kappa shape index (κ1) is 18.5. The van der Waals surface area contributed by atoms with E-state index < -0.39 is 0 Å². The van der Waals surface area contributed by atoms with Crippen molar-refractivity contribution in [3.63, 3.8) is 0 Å². The number of nitrogens with one attached hydrogen (secondary N) is 1. The lowest BCUT2D eigenvalue weighted by molar-refractivity contribution is 0.0813. The number of benzene rings is 1. The van der Waals surface area contributed by atoms with Crippen molar-refractivity contribution in [2.75, 3.05) is 26.0 Å². The molecule has 0 radical (unpaired) electrons. The lowest BCUT2D eigenvalue weighted by atomic mass is 9.90. The average Bonchev–Trinajstić information content (AvgIpc) is 3.02. The summed E-state index contributed by atoms with van der Waals surface area (Å²) in [7, 11) is 3.48. The van der Waals surface area contributed by atoms with Crippen LogP contribution in [0.2, 0.25) is 0 Å². The fourth-order valence-electron chi connectivity index (χ4n) is 4.21. The molecule has 0 saturated heterocycles. The molecule has 2 aliphatic rings. The number of nitrogens with zero attached hydrogens (tertiary/aromatic N) is 4. The maximum absolute atomic E-state index is 12.9. The Morgan fingerprint density at radius 1 is 1.14 bits per heavy atom. The molecule has 1 aromatic carbocycles. The van der Waals surface area contributed by atoms with Crippen molar-refractivity contribution < 1.29 is 9.59 Å². The smallest absolute Gasteiger partial charge is 0.322 e. The Morgan fingerprint density at radius 2 is 1.93 bits per heavy atom. The second kappa shape index (κ2) is 7.30. The van der Waals surface area contributed by atoms with Gasteiger partial charge >= 0.3 is 6.03 Å². The number of urea groups is 1. The Bertz CT molecular complexity index is 931. The second-order valence-corrected chi connectivity index (χ2v) is 7.82. The van der Waals surface area contributed by atoms with Crippen LogP contribution in [0, 0.1) is 6.92 Å². The van der Waals surface area contributed by atoms with Crippen LogP contribution in [0.25, 0.3) is 0 Å². The van der Waals surface area contributed by atoms with Gasteiger partial charge in [-0.15, -0.1) is 0 Å². The van der Waals surface area contributed by atoms with Gasteiger partial charge in [0.2, 0.25) is 0 Å². The number of aryl methyl sites for hydroxylation is 2. The van der Waals surface area contributed by atoms with E-state index in [-0.39, 0.29) is 11.9 Å². The fourth-order valence-corrected chi connectivity index (χ4v) is 4.21. The van der Waals surface area contributed by atoms with E-state index in [0.717, 1.165) is 24.4 Å². The highest BCUT2D eigenvalue weighted by molar-refractivity contribution is 5.94. The minimum absolute atomic E-state index is 0.0509. The van der Waals surface area contributed by atoms with Gasteiger partial charge in [0.15, 0.2) is 0 Å². The first-order valence-corrected chi connectivity index (χ1v) is 9.90. The monoisotopic (exact) mass is 381 g/mol. The summed E-state index contributed by atoms with van der Waals surface area (Å²) in [5.41, 5.74) is 4.89. The highest BCUT2D eigenvalue weighted by Crippen LogP contribution is 2.28. The number of aromatic nitrogens is 2. The van der Waals surface area contributed by atoms with E-state index in [2.05, 4.69) is 16.4 Å². The molecule has 3 amide bonds. The number of fused-ring (bicyclic) bond motifs is 2. The van der Waals surface area contributed by atoms with Gasteiger partial charge in [-0.2, -0.15) is 0 Å². The van der Waals surface area contributed by atoms with Crippen LogP contribution in [0.3, 0.4) is 0 Å². The molecular formula is C21H27N5O2. The molecule has 1 aliphatic heterocycles. The third-order valence-electron chi connectivity index (χ3n) is 5.68. The number of anilines is 1. The van der Waals surface area contributed by atoms with Gasteiger partial charge in [0.1, 0.15) is 11.5 Å². The summed E-state index contributed by atoms with van der Waals surface area (Å²) in [6.07, 6.45) is 4.49. The summed E-state index contributed by atoms with van der Waals surface area (Å²) >= 11 is 0. The number of hydrogen-bond acceptors (Lipinski definition) is 3. The third kappa shape index (κ3) is 3.25. The average molecular weight is 381 g/mol. The van der Waals surface area contributed by atoms with E-state index in [1.807, 2.05) is 23.6 Å². The molecule has 28 heavy (non-hydrogen) atoms. The quantitative estimate of drug-likeness (QED) is 0.870. The van der Waals surface area contributed by atoms with Gasteiger partial charge in [-0.3, -0.25) is 4.79 Å². The summed E-state index contributed by atoms with van der Waals surface area (Å²) in [4.78, 5) is 33.3. The second-order valence-electron chi connectivity index (χ2n) is 7.82. The predicted molar refractivity (Wildman–Crippen MR) is 107 cm³/mol. The SMILES string of the molecule is Cc1nc2n(c1C(=O)N(C)C)CCN(C(=O)Nc1cccc3c1CCCC3)C2. The maximum Gasteiger partial charge on any atom is 0.322 e. The van der Waals surface area contributed by atoms with Crippen molar-refractivity contribution in [3.8, 4) is 0 Å². The molecule has 0 bridgehead atoms. The van der Waals surface area contributed by atoms with Crippen molar-refractivity contribution in [3.05, 3.63) is 46.5 Å². The normalized spacial score (nSPS) is 15.6. The Morgan fingerprint density at radius 3 is 2.71 bits per heavy atom. The Labute approximate surface area is 165 Å². The Kier molecular flexibility index (Phi) is 4.83. The van der Waals surface area contributed by atoms with Crippen molar-refractivity contribution in [2.45, 2.75) is 45.7 Å². The van der Waals surface area contributed by atoms with E-state index in [9.17, 15) is 9.59 Å².